The highest BCUT2D eigenvalue weighted by Crippen LogP contribution is 2.18. The molecule has 20 heavy (non-hydrogen) atoms. The van der Waals surface area contributed by atoms with Crippen LogP contribution in [0.1, 0.15) is 15.9 Å². The first-order chi connectivity index (χ1) is 9.60. The zero-order valence-electron chi connectivity index (χ0n) is 10.8. The minimum absolute atomic E-state index is 0.243. The van der Waals surface area contributed by atoms with Crippen molar-refractivity contribution in [3.8, 4) is 0 Å². The summed E-state index contributed by atoms with van der Waals surface area (Å²) in [4.78, 5) is 11.4. The quantitative estimate of drug-likeness (QED) is 0.870. The molecule has 0 bridgehead atoms. The average molecular weight is 294 g/mol. The van der Waals surface area contributed by atoms with E-state index in [0.29, 0.717) is 17.1 Å². The van der Waals surface area contributed by atoms with Gasteiger partial charge in [0.2, 0.25) is 0 Å². The van der Waals surface area contributed by atoms with E-state index in [0.717, 1.165) is 5.56 Å². The first kappa shape index (κ1) is 14.3. The summed E-state index contributed by atoms with van der Waals surface area (Å²) in [5.41, 5.74) is 1.45. The fourth-order valence-corrected chi connectivity index (χ4v) is 1.96. The number of benzene rings is 2. The van der Waals surface area contributed by atoms with Crippen molar-refractivity contribution >= 4 is 23.3 Å². The average Bonchev–Trinajstić information content (AvgIpc) is 2.45. The SMILES string of the molecule is COC(=O)c1ccc(F)c(NCc2cccc(Cl)c2)c1. The van der Waals surface area contributed by atoms with Gasteiger partial charge in [0, 0.05) is 11.6 Å². The molecule has 0 radical (unpaired) electrons. The van der Waals surface area contributed by atoms with Crippen molar-refractivity contribution in [2.75, 3.05) is 12.4 Å². The largest absolute Gasteiger partial charge is 0.465 e. The fraction of sp³-hybridized carbons (Fsp3) is 0.133. The van der Waals surface area contributed by atoms with E-state index in [1.807, 2.05) is 12.1 Å². The van der Waals surface area contributed by atoms with Crippen molar-refractivity contribution in [3.05, 3.63) is 64.4 Å². The number of hydrogen-bond donors (Lipinski definition) is 1. The van der Waals surface area contributed by atoms with Gasteiger partial charge in [-0.1, -0.05) is 23.7 Å². The molecule has 0 heterocycles. The third-order valence-corrected chi connectivity index (χ3v) is 2.99. The third kappa shape index (κ3) is 3.48. The highest BCUT2D eigenvalue weighted by Gasteiger charge is 2.09. The molecule has 0 saturated carbocycles. The lowest BCUT2D eigenvalue weighted by Crippen LogP contribution is -2.05. The number of ether oxygens (including phenoxy) is 1. The molecule has 3 nitrogen and oxygen atoms in total. The third-order valence-electron chi connectivity index (χ3n) is 2.76. The molecule has 2 aromatic rings. The molecule has 104 valence electrons. The molecule has 0 unspecified atom stereocenters. The number of carbonyl (C=O) groups excluding carboxylic acids is 1. The summed E-state index contributed by atoms with van der Waals surface area (Å²) in [6.07, 6.45) is 0. The number of rotatable bonds is 4. The van der Waals surface area contributed by atoms with Crippen LogP contribution in [0.3, 0.4) is 0 Å². The van der Waals surface area contributed by atoms with Gasteiger partial charge in [-0.15, -0.1) is 0 Å². The van der Waals surface area contributed by atoms with Crippen molar-refractivity contribution in [2.45, 2.75) is 6.54 Å². The molecule has 0 aliphatic rings. The van der Waals surface area contributed by atoms with Gasteiger partial charge in [-0.3, -0.25) is 0 Å². The van der Waals surface area contributed by atoms with Gasteiger partial charge in [0.1, 0.15) is 5.82 Å². The molecule has 0 spiro atoms. The van der Waals surface area contributed by atoms with Crippen LogP contribution in [0.15, 0.2) is 42.5 Å². The molecule has 0 aliphatic heterocycles. The lowest BCUT2D eigenvalue weighted by molar-refractivity contribution is 0.0600. The predicted octanol–water partition coefficient (Wildman–Crippen LogP) is 3.88. The summed E-state index contributed by atoms with van der Waals surface area (Å²) < 4.78 is 18.3. The van der Waals surface area contributed by atoms with Crippen LogP contribution >= 0.6 is 11.6 Å². The standard InChI is InChI=1S/C15H13ClFNO2/c1-20-15(19)11-5-6-13(17)14(8-11)18-9-10-3-2-4-12(16)7-10/h2-8,18H,9H2,1H3. The molecule has 0 amide bonds. The van der Waals surface area contributed by atoms with Crippen molar-refractivity contribution < 1.29 is 13.9 Å². The minimum Gasteiger partial charge on any atom is -0.465 e. The molecule has 5 heteroatoms. The maximum absolute atomic E-state index is 13.7. The zero-order chi connectivity index (χ0) is 14.5. The molecular weight excluding hydrogens is 281 g/mol. The number of esters is 1. The molecule has 0 fully saturated rings. The summed E-state index contributed by atoms with van der Waals surface area (Å²) in [5.74, 6) is -0.935. The van der Waals surface area contributed by atoms with E-state index in [9.17, 15) is 9.18 Å². The Bertz CT molecular complexity index is 631. The summed E-state index contributed by atoms with van der Waals surface area (Å²) in [7, 11) is 1.28. The minimum atomic E-state index is -0.504. The maximum atomic E-state index is 13.7. The smallest absolute Gasteiger partial charge is 0.337 e. The molecule has 0 aromatic heterocycles. The van der Waals surface area contributed by atoms with Gasteiger partial charge in [0.05, 0.1) is 18.4 Å². The molecule has 0 saturated heterocycles. The van der Waals surface area contributed by atoms with E-state index in [4.69, 9.17) is 11.6 Å². The number of methoxy groups -OCH3 is 1. The van der Waals surface area contributed by atoms with Gasteiger partial charge in [0.25, 0.3) is 0 Å². The molecule has 1 N–H and O–H groups in total. The van der Waals surface area contributed by atoms with Gasteiger partial charge in [-0.25, -0.2) is 9.18 Å². The summed E-state index contributed by atoms with van der Waals surface area (Å²) in [6, 6.07) is 11.3. The highest BCUT2D eigenvalue weighted by atomic mass is 35.5. The van der Waals surface area contributed by atoms with Crippen LogP contribution in [0.4, 0.5) is 10.1 Å². The van der Waals surface area contributed by atoms with Gasteiger partial charge in [0.15, 0.2) is 0 Å². The number of hydrogen-bond acceptors (Lipinski definition) is 3. The van der Waals surface area contributed by atoms with Crippen molar-refractivity contribution in [2.24, 2.45) is 0 Å². The normalized spacial score (nSPS) is 10.2. The monoisotopic (exact) mass is 293 g/mol. The number of carbonyl (C=O) groups is 1. The van der Waals surface area contributed by atoms with Crippen molar-refractivity contribution in [1.29, 1.82) is 0 Å². The summed E-state index contributed by atoms with van der Waals surface area (Å²) >= 11 is 5.88. The Morgan fingerprint density at radius 3 is 2.80 bits per heavy atom. The molecule has 2 rings (SSSR count). The second kappa shape index (κ2) is 6.39. The lowest BCUT2D eigenvalue weighted by atomic mass is 10.1. The van der Waals surface area contributed by atoms with E-state index in [1.54, 1.807) is 12.1 Å². The highest BCUT2D eigenvalue weighted by molar-refractivity contribution is 6.30. The van der Waals surface area contributed by atoms with E-state index in [1.165, 1.54) is 25.3 Å². The maximum Gasteiger partial charge on any atom is 0.337 e. The number of halogens is 2. The number of nitrogens with one attached hydrogen (secondary N) is 1. The Kier molecular flexibility index (Phi) is 4.58. The Labute approximate surface area is 121 Å². The van der Waals surface area contributed by atoms with Gasteiger partial charge in [-0.2, -0.15) is 0 Å². The van der Waals surface area contributed by atoms with Crippen LogP contribution in [-0.2, 0) is 11.3 Å². The second-order valence-corrected chi connectivity index (χ2v) is 4.61. The summed E-state index contributed by atoms with van der Waals surface area (Å²) in [6.45, 7) is 0.405. The van der Waals surface area contributed by atoms with Crippen LogP contribution < -0.4 is 5.32 Å². The first-order valence-corrected chi connectivity index (χ1v) is 6.34. The Morgan fingerprint density at radius 2 is 2.10 bits per heavy atom. The number of anilines is 1. The lowest BCUT2D eigenvalue weighted by Gasteiger charge is -2.09. The topological polar surface area (TPSA) is 38.3 Å². The van der Waals surface area contributed by atoms with Crippen LogP contribution in [-0.4, -0.2) is 13.1 Å². The van der Waals surface area contributed by atoms with E-state index < -0.39 is 11.8 Å². The van der Waals surface area contributed by atoms with E-state index >= 15 is 0 Å². The molecule has 0 aliphatic carbocycles. The first-order valence-electron chi connectivity index (χ1n) is 5.96. The van der Waals surface area contributed by atoms with Crippen LogP contribution in [0, 0.1) is 5.82 Å². The predicted molar refractivity (Wildman–Crippen MR) is 76.5 cm³/mol. The van der Waals surface area contributed by atoms with Gasteiger partial charge >= 0.3 is 5.97 Å². The van der Waals surface area contributed by atoms with E-state index in [-0.39, 0.29) is 5.69 Å². The van der Waals surface area contributed by atoms with E-state index in [2.05, 4.69) is 10.1 Å². The van der Waals surface area contributed by atoms with Crippen LogP contribution in [0.25, 0.3) is 0 Å². The van der Waals surface area contributed by atoms with Crippen molar-refractivity contribution in [1.82, 2.24) is 0 Å². The molecule has 0 atom stereocenters. The Morgan fingerprint density at radius 1 is 1.30 bits per heavy atom. The van der Waals surface area contributed by atoms with Crippen LogP contribution in [0.5, 0.6) is 0 Å². The molecular formula is C15H13ClFNO2. The van der Waals surface area contributed by atoms with Gasteiger partial charge in [-0.05, 0) is 35.9 Å². The Hall–Kier alpha value is -2.07. The summed E-state index contributed by atoms with van der Waals surface area (Å²) in [5, 5.41) is 3.55. The fourth-order valence-electron chi connectivity index (χ4n) is 1.75. The second-order valence-electron chi connectivity index (χ2n) is 4.17. The van der Waals surface area contributed by atoms with Gasteiger partial charge < -0.3 is 10.1 Å². The zero-order valence-corrected chi connectivity index (χ0v) is 11.6. The van der Waals surface area contributed by atoms with Crippen LogP contribution in [0.2, 0.25) is 5.02 Å². The van der Waals surface area contributed by atoms with Crippen molar-refractivity contribution in [3.63, 3.8) is 0 Å². The molecule has 2 aromatic carbocycles. The Balaban J connectivity index is 2.14.